The Hall–Kier alpha value is -2.69. The van der Waals surface area contributed by atoms with Gasteiger partial charge in [0.05, 0.1) is 12.3 Å². The van der Waals surface area contributed by atoms with Crippen LogP contribution in [0.5, 0.6) is 5.75 Å². The molecular formula is C23H32F3N5O2S. The number of benzene rings is 1. The fraction of sp³-hybridized carbons (Fsp3) is 0.522. The van der Waals surface area contributed by atoms with Gasteiger partial charge in [0.25, 0.3) is 0 Å². The zero-order valence-electron chi connectivity index (χ0n) is 17.4. The first-order valence-corrected chi connectivity index (χ1v) is 10.4. The van der Waals surface area contributed by atoms with Crippen LogP contribution in [0.4, 0.5) is 30.6 Å². The van der Waals surface area contributed by atoms with Gasteiger partial charge in [0, 0.05) is 32.3 Å². The molecule has 0 unspecified atom stereocenters. The van der Waals surface area contributed by atoms with Crippen LogP contribution in [-0.2, 0) is 4.79 Å². The lowest BCUT2D eigenvalue weighted by Crippen LogP contribution is -2.49. The number of nitrogens with one attached hydrogen (secondary N) is 1. The van der Waals surface area contributed by atoms with Gasteiger partial charge < -0.3 is 19.9 Å². The van der Waals surface area contributed by atoms with E-state index >= 15 is 0 Å². The van der Waals surface area contributed by atoms with E-state index < -0.39 is 17.5 Å². The highest BCUT2D eigenvalue weighted by atomic mass is 32.1. The molecule has 5 rings (SSSR count). The largest absolute Gasteiger partial charge is 0.490 e. The van der Waals surface area contributed by atoms with Crippen molar-refractivity contribution in [1.82, 2.24) is 9.97 Å². The summed E-state index contributed by atoms with van der Waals surface area (Å²) in [7, 11) is 1.75. The molecule has 1 saturated heterocycles. The number of likely N-dealkylation sites (N-methyl/N-ethyl adjacent to an activating group) is 1. The summed E-state index contributed by atoms with van der Waals surface area (Å²) < 4.78 is 45.2. The standard InChI is InChI=1S/C21H22F3N5O2.2CH4.H2S/c1-28-17-10-26-21(27-19(17)29-4-2-3-16(29)20(28)30)25-9-11-5-12(6-11)31-13-7-14(22)18(24)15(23)8-13;;;/h7-8,10-12,16H,2-6,9H2,1H3,(H,25,26,27);2*1H4;1H2/t11?,12?,16-;;;/m0.../s1. The Bertz CT molecular complexity index is 1010. The van der Waals surface area contributed by atoms with Crippen molar-refractivity contribution < 1.29 is 22.7 Å². The fourth-order valence-electron chi connectivity index (χ4n) is 4.48. The quantitative estimate of drug-likeness (QED) is 0.612. The van der Waals surface area contributed by atoms with Crippen LogP contribution in [0.1, 0.15) is 40.5 Å². The highest BCUT2D eigenvalue weighted by Gasteiger charge is 2.40. The normalized spacial score (nSPS) is 22.4. The topological polar surface area (TPSA) is 70.6 Å². The molecule has 1 aromatic heterocycles. The third-order valence-electron chi connectivity index (χ3n) is 6.25. The van der Waals surface area contributed by atoms with Gasteiger partial charge in [-0.1, -0.05) is 14.9 Å². The molecule has 1 amide bonds. The molecule has 2 aromatic rings. The van der Waals surface area contributed by atoms with E-state index in [2.05, 4.69) is 20.2 Å². The second-order valence-corrected chi connectivity index (χ2v) is 8.31. The zero-order valence-corrected chi connectivity index (χ0v) is 18.4. The van der Waals surface area contributed by atoms with Crippen LogP contribution in [0.2, 0.25) is 0 Å². The van der Waals surface area contributed by atoms with Crippen molar-refractivity contribution in [1.29, 1.82) is 0 Å². The first kappa shape index (κ1) is 27.6. The van der Waals surface area contributed by atoms with E-state index in [4.69, 9.17) is 4.74 Å². The first-order valence-electron chi connectivity index (χ1n) is 10.4. The number of carbonyl (C=O) groups excluding carboxylic acids is 1. The van der Waals surface area contributed by atoms with Gasteiger partial charge >= 0.3 is 0 Å². The van der Waals surface area contributed by atoms with Crippen LogP contribution in [0, 0.1) is 23.4 Å². The van der Waals surface area contributed by atoms with Crippen molar-refractivity contribution >= 4 is 36.9 Å². The molecule has 0 radical (unpaired) electrons. The Kier molecular flexibility index (Phi) is 8.68. The zero-order chi connectivity index (χ0) is 21.7. The lowest BCUT2D eigenvalue weighted by molar-refractivity contribution is -0.119. The number of ether oxygens (including phenoxy) is 1. The Labute approximate surface area is 205 Å². The summed E-state index contributed by atoms with van der Waals surface area (Å²) in [5.41, 5.74) is 0.713. The first-order chi connectivity index (χ1) is 14.9. The van der Waals surface area contributed by atoms with E-state index in [1.165, 1.54) is 0 Å². The van der Waals surface area contributed by atoms with Crippen LogP contribution in [0.3, 0.4) is 0 Å². The molecule has 3 aliphatic rings. The van der Waals surface area contributed by atoms with Gasteiger partial charge in [0.1, 0.15) is 17.5 Å². The molecule has 2 aliphatic heterocycles. The summed E-state index contributed by atoms with van der Waals surface area (Å²) in [6, 6.07) is 1.57. The third kappa shape index (κ3) is 4.89. The average molecular weight is 500 g/mol. The summed E-state index contributed by atoms with van der Waals surface area (Å²) in [6.45, 7) is 1.43. The molecule has 1 saturated carbocycles. The molecular weight excluding hydrogens is 467 g/mol. The second-order valence-electron chi connectivity index (χ2n) is 8.31. The Morgan fingerprint density at radius 2 is 1.85 bits per heavy atom. The molecule has 11 heteroatoms. The Morgan fingerprint density at radius 1 is 1.18 bits per heavy atom. The number of hydrogen-bond donors (Lipinski definition) is 1. The predicted octanol–water partition coefficient (Wildman–Crippen LogP) is 4.49. The van der Waals surface area contributed by atoms with Crippen LogP contribution in [0.25, 0.3) is 0 Å². The number of fused-ring (bicyclic) bond motifs is 3. The minimum Gasteiger partial charge on any atom is -0.490 e. The monoisotopic (exact) mass is 499 g/mol. The van der Waals surface area contributed by atoms with Crippen molar-refractivity contribution in [3.63, 3.8) is 0 Å². The SMILES string of the molecule is C.C.CN1C(=O)[C@@H]2CCCN2c2nc(NCC3CC(Oc4cc(F)c(F)c(F)c4)C3)ncc21.S. The molecule has 1 aliphatic carbocycles. The van der Waals surface area contributed by atoms with E-state index in [0.717, 1.165) is 37.3 Å². The molecule has 0 bridgehead atoms. The lowest BCUT2D eigenvalue weighted by Gasteiger charge is -2.37. The highest BCUT2D eigenvalue weighted by molar-refractivity contribution is 7.59. The summed E-state index contributed by atoms with van der Waals surface area (Å²) in [4.78, 5) is 25.1. The van der Waals surface area contributed by atoms with Crippen molar-refractivity contribution in [2.24, 2.45) is 5.92 Å². The molecule has 188 valence electrons. The highest BCUT2D eigenvalue weighted by Crippen LogP contribution is 2.38. The molecule has 2 fully saturated rings. The number of anilines is 3. The second kappa shape index (κ2) is 10.7. The van der Waals surface area contributed by atoms with Gasteiger partial charge in [-0.2, -0.15) is 18.5 Å². The smallest absolute Gasteiger partial charge is 0.249 e. The Morgan fingerprint density at radius 3 is 2.53 bits per heavy atom. The maximum absolute atomic E-state index is 13.3. The maximum atomic E-state index is 13.3. The molecule has 0 spiro atoms. The average Bonchev–Trinajstić information content (AvgIpc) is 3.22. The van der Waals surface area contributed by atoms with Gasteiger partial charge in [-0.3, -0.25) is 4.79 Å². The van der Waals surface area contributed by atoms with Gasteiger partial charge in [-0.05, 0) is 31.6 Å². The van der Waals surface area contributed by atoms with Crippen LogP contribution in [-0.4, -0.2) is 48.2 Å². The minimum atomic E-state index is -1.50. The number of amides is 1. The van der Waals surface area contributed by atoms with Crippen LogP contribution in [0.15, 0.2) is 18.3 Å². The number of rotatable bonds is 5. The predicted molar refractivity (Wildman–Crippen MR) is 132 cm³/mol. The van der Waals surface area contributed by atoms with E-state index in [-0.39, 0.29) is 52.2 Å². The lowest BCUT2D eigenvalue weighted by atomic mass is 9.82. The van der Waals surface area contributed by atoms with E-state index in [1.807, 2.05) is 0 Å². The third-order valence-corrected chi connectivity index (χ3v) is 6.25. The van der Waals surface area contributed by atoms with Gasteiger partial charge in [0.2, 0.25) is 11.9 Å². The number of hydrogen-bond acceptors (Lipinski definition) is 6. The number of carbonyl (C=O) groups is 1. The van der Waals surface area contributed by atoms with Gasteiger partial charge in [-0.25, -0.2) is 18.2 Å². The number of halogens is 3. The molecule has 1 aromatic carbocycles. The molecule has 7 nitrogen and oxygen atoms in total. The van der Waals surface area contributed by atoms with Crippen molar-refractivity contribution in [2.45, 2.75) is 52.7 Å². The molecule has 34 heavy (non-hydrogen) atoms. The number of aromatic nitrogens is 2. The molecule has 1 N–H and O–H groups in total. The van der Waals surface area contributed by atoms with Crippen LogP contribution >= 0.6 is 13.5 Å². The summed E-state index contributed by atoms with van der Waals surface area (Å²) in [6.07, 6.45) is 4.68. The molecule has 3 heterocycles. The minimum absolute atomic E-state index is 0. The van der Waals surface area contributed by atoms with E-state index in [1.54, 1.807) is 18.1 Å². The number of nitrogens with zero attached hydrogens (tertiary/aromatic N) is 4. The van der Waals surface area contributed by atoms with Crippen LogP contribution < -0.4 is 19.9 Å². The Balaban J connectivity index is 0.00000136. The molecule has 1 atom stereocenters. The summed E-state index contributed by atoms with van der Waals surface area (Å²) >= 11 is 0. The summed E-state index contributed by atoms with van der Waals surface area (Å²) in [5.74, 6) is -2.38. The van der Waals surface area contributed by atoms with Crippen molar-refractivity contribution in [2.75, 3.05) is 35.3 Å². The van der Waals surface area contributed by atoms with E-state index in [0.29, 0.717) is 36.9 Å². The van der Waals surface area contributed by atoms with E-state index in [9.17, 15) is 18.0 Å². The summed E-state index contributed by atoms with van der Waals surface area (Å²) in [5, 5.41) is 3.24. The fourth-order valence-corrected chi connectivity index (χ4v) is 4.48. The van der Waals surface area contributed by atoms with Crippen molar-refractivity contribution in [3.8, 4) is 5.75 Å². The van der Waals surface area contributed by atoms with Crippen molar-refractivity contribution in [3.05, 3.63) is 35.8 Å². The van der Waals surface area contributed by atoms with Gasteiger partial charge in [0.15, 0.2) is 23.3 Å². The maximum Gasteiger partial charge on any atom is 0.249 e. The van der Waals surface area contributed by atoms with Gasteiger partial charge in [-0.15, -0.1) is 0 Å².